The van der Waals surface area contributed by atoms with Crippen molar-refractivity contribution in [1.29, 1.82) is 0 Å². The van der Waals surface area contributed by atoms with Gasteiger partial charge >= 0.3 is 5.97 Å². The van der Waals surface area contributed by atoms with Crippen molar-refractivity contribution in [3.8, 4) is 0 Å². The van der Waals surface area contributed by atoms with E-state index in [1.165, 1.54) is 12.1 Å². The number of rotatable bonds is 10. The molecular weight excluding hydrogens is 687 g/mol. The molecular formula is C39H44ClFN6O5. The number of aromatic nitrogens is 2. The van der Waals surface area contributed by atoms with Gasteiger partial charge in [0.15, 0.2) is 0 Å². The summed E-state index contributed by atoms with van der Waals surface area (Å²) in [4.78, 5) is 49.4. The lowest BCUT2D eigenvalue weighted by Crippen LogP contribution is -2.51. The lowest BCUT2D eigenvalue weighted by molar-refractivity contribution is -0.144. The number of pyridine rings is 1. The second kappa shape index (κ2) is 15.6. The van der Waals surface area contributed by atoms with Crippen molar-refractivity contribution < 1.29 is 28.6 Å². The Morgan fingerprint density at radius 3 is 2.48 bits per heavy atom. The highest BCUT2D eigenvalue weighted by Crippen LogP contribution is 2.32. The standard InChI is InChI=1S/C39H44ClFN6O5/c1-44-23-32(31-4-2-3-5-36(31)44)38(49)43-35-21-34(41)26(18-33(35)40)19-37(48)47-22-28(46-16-14-45(15-17-46)27-10-12-42-13-11-27)20-29(47)24-52-30-8-6-25(7-9-30)39(50)51/h2-5,10-13,18,21,23,25,28-30H,6-9,14-17,19-20,22,24H2,1H3,(H,43,49)(H,50,51)/t25-,28-,29-,30-/m0/s1. The summed E-state index contributed by atoms with van der Waals surface area (Å²) in [5.74, 6) is -2.35. The van der Waals surface area contributed by atoms with Gasteiger partial charge in [-0.3, -0.25) is 24.3 Å². The van der Waals surface area contributed by atoms with Crippen molar-refractivity contribution in [2.45, 2.75) is 56.7 Å². The Bertz CT molecular complexity index is 1930. The van der Waals surface area contributed by atoms with Crippen LogP contribution in [0.3, 0.4) is 0 Å². The van der Waals surface area contributed by atoms with Crippen LogP contribution in [0, 0.1) is 11.7 Å². The molecule has 11 nitrogen and oxygen atoms in total. The van der Waals surface area contributed by atoms with Crippen LogP contribution in [-0.2, 0) is 27.8 Å². The number of nitrogens with zero attached hydrogens (tertiary/aromatic N) is 5. The van der Waals surface area contributed by atoms with Crippen molar-refractivity contribution in [2.24, 2.45) is 13.0 Å². The molecule has 0 radical (unpaired) electrons. The highest BCUT2D eigenvalue weighted by Gasteiger charge is 2.40. The SMILES string of the molecule is Cn1cc(C(=O)Nc2cc(F)c(CC(=O)N3C[C@@H](N4CCN(c5ccncc5)CC4)C[C@H]3CO[C@H]3CC[C@H](C(=O)O)CC3)cc2Cl)c2ccccc21. The average molecular weight is 731 g/mol. The maximum Gasteiger partial charge on any atom is 0.306 e. The number of likely N-dealkylation sites (tertiary alicyclic amines) is 1. The van der Waals surface area contributed by atoms with Gasteiger partial charge in [-0.25, -0.2) is 4.39 Å². The van der Waals surface area contributed by atoms with Gasteiger partial charge in [-0.1, -0.05) is 29.8 Å². The second-order valence-corrected chi connectivity index (χ2v) is 14.6. The first-order valence-electron chi connectivity index (χ1n) is 18.0. The molecule has 2 aliphatic heterocycles. The first-order chi connectivity index (χ1) is 25.1. The Hall–Kier alpha value is -4.52. The molecule has 4 heterocycles. The van der Waals surface area contributed by atoms with Crippen LogP contribution in [0.15, 0.2) is 67.1 Å². The number of ether oxygens (including phenoxy) is 1. The number of aliphatic carboxylic acids is 1. The number of carboxylic acid groups (broad SMARTS) is 1. The summed E-state index contributed by atoms with van der Waals surface area (Å²) in [6.07, 6.45) is 8.31. The quantitative estimate of drug-likeness (QED) is 0.216. The third kappa shape index (κ3) is 7.79. The van der Waals surface area contributed by atoms with Gasteiger partial charge in [-0.05, 0) is 68.0 Å². The third-order valence-corrected chi connectivity index (χ3v) is 11.3. The van der Waals surface area contributed by atoms with Gasteiger partial charge in [0.25, 0.3) is 5.91 Å². The van der Waals surface area contributed by atoms with Crippen molar-refractivity contribution >= 4 is 51.7 Å². The third-order valence-electron chi connectivity index (χ3n) is 11.0. The number of nitrogens with one attached hydrogen (secondary N) is 1. The normalized spacial score (nSPS) is 22.5. The smallest absolute Gasteiger partial charge is 0.306 e. The molecule has 4 aromatic rings. The Morgan fingerprint density at radius 1 is 1.02 bits per heavy atom. The summed E-state index contributed by atoms with van der Waals surface area (Å²) < 4.78 is 23.8. The zero-order valence-corrected chi connectivity index (χ0v) is 30.0. The van der Waals surface area contributed by atoms with Gasteiger partial charge < -0.3 is 29.5 Å². The number of benzene rings is 2. The van der Waals surface area contributed by atoms with Crippen LogP contribution in [0.25, 0.3) is 10.9 Å². The number of hydrogen-bond acceptors (Lipinski definition) is 7. The first-order valence-corrected chi connectivity index (χ1v) is 18.4. The van der Waals surface area contributed by atoms with Crippen molar-refractivity contribution in [1.82, 2.24) is 19.4 Å². The lowest BCUT2D eigenvalue weighted by atomic mass is 9.87. The molecule has 2 aromatic carbocycles. The second-order valence-electron chi connectivity index (χ2n) is 14.2. The van der Waals surface area contributed by atoms with Crippen molar-refractivity contribution in [3.63, 3.8) is 0 Å². The summed E-state index contributed by atoms with van der Waals surface area (Å²) in [6.45, 7) is 4.24. The number of piperazine rings is 1. The Kier molecular flexibility index (Phi) is 10.8. The summed E-state index contributed by atoms with van der Waals surface area (Å²) in [5, 5.41) is 13.1. The van der Waals surface area contributed by atoms with E-state index in [2.05, 4.69) is 20.1 Å². The number of carboxylic acids is 1. The maximum absolute atomic E-state index is 15.6. The van der Waals surface area contributed by atoms with Crippen molar-refractivity contribution in [2.75, 3.05) is 49.5 Å². The van der Waals surface area contributed by atoms with E-state index in [0.717, 1.165) is 49.2 Å². The largest absolute Gasteiger partial charge is 0.481 e. The molecule has 0 unspecified atom stereocenters. The zero-order chi connectivity index (χ0) is 36.4. The first kappa shape index (κ1) is 35.9. The van der Waals surface area contributed by atoms with Crippen molar-refractivity contribution in [3.05, 3.63) is 89.1 Å². The van der Waals surface area contributed by atoms with Gasteiger partial charge in [0.05, 0.1) is 47.4 Å². The number of halogens is 2. The van der Waals surface area contributed by atoms with E-state index in [1.54, 1.807) is 18.6 Å². The van der Waals surface area contributed by atoms with Gasteiger partial charge in [0, 0.05) is 81.0 Å². The van der Waals surface area contributed by atoms with Gasteiger partial charge in [0.2, 0.25) is 5.91 Å². The van der Waals surface area contributed by atoms with Crippen LogP contribution in [0.4, 0.5) is 15.8 Å². The fourth-order valence-electron chi connectivity index (χ4n) is 8.04. The lowest BCUT2D eigenvalue weighted by Gasteiger charge is -2.39. The minimum atomic E-state index is -0.759. The molecule has 7 rings (SSSR count). The van der Waals surface area contributed by atoms with Crippen LogP contribution in [0.5, 0.6) is 0 Å². The molecule has 1 saturated carbocycles. The van der Waals surface area contributed by atoms with Gasteiger partial charge in [-0.15, -0.1) is 0 Å². The molecule has 2 amide bonds. The van der Waals surface area contributed by atoms with E-state index in [-0.39, 0.29) is 52.7 Å². The molecule has 0 spiro atoms. The minimum Gasteiger partial charge on any atom is -0.481 e. The number of aryl methyl sites for hydroxylation is 1. The van der Waals surface area contributed by atoms with Crippen LogP contribution < -0.4 is 10.2 Å². The van der Waals surface area contributed by atoms with E-state index in [1.807, 2.05) is 52.9 Å². The number of anilines is 2. The molecule has 13 heteroatoms. The predicted octanol–water partition coefficient (Wildman–Crippen LogP) is 5.61. The number of para-hydroxylation sites is 1. The van der Waals surface area contributed by atoms with Crippen LogP contribution in [0.1, 0.15) is 48.0 Å². The molecule has 1 aliphatic carbocycles. The van der Waals surface area contributed by atoms with E-state index >= 15 is 4.39 Å². The molecule has 3 fully saturated rings. The van der Waals surface area contributed by atoms with Gasteiger partial charge in [0.1, 0.15) is 5.82 Å². The fraction of sp³-hybridized carbons (Fsp3) is 0.436. The Balaban J connectivity index is 1.02. The zero-order valence-electron chi connectivity index (χ0n) is 29.2. The Labute approximate surface area is 307 Å². The highest BCUT2D eigenvalue weighted by molar-refractivity contribution is 6.34. The van der Waals surface area contributed by atoms with Crippen LogP contribution in [-0.4, -0.2) is 99.8 Å². The molecule has 274 valence electrons. The van der Waals surface area contributed by atoms with Gasteiger partial charge in [-0.2, -0.15) is 0 Å². The minimum absolute atomic E-state index is 0.0524. The topological polar surface area (TPSA) is 120 Å². The number of fused-ring (bicyclic) bond motifs is 1. The molecule has 52 heavy (non-hydrogen) atoms. The number of carbonyl (C=O) groups is 3. The summed E-state index contributed by atoms with van der Waals surface area (Å²) in [5.41, 5.74) is 2.76. The van der Waals surface area contributed by atoms with Crippen LogP contribution >= 0.6 is 11.6 Å². The number of amides is 2. The van der Waals surface area contributed by atoms with E-state index in [9.17, 15) is 19.5 Å². The summed E-state index contributed by atoms with van der Waals surface area (Å²) in [6, 6.07) is 14.1. The molecule has 2 aromatic heterocycles. The summed E-state index contributed by atoms with van der Waals surface area (Å²) in [7, 11) is 1.85. The highest BCUT2D eigenvalue weighted by atomic mass is 35.5. The van der Waals surface area contributed by atoms with Crippen LogP contribution in [0.2, 0.25) is 5.02 Å². The monoisotopic (exact) mass is 730 g/mol. The molecule has 2 saturated heterocycles. The fourth-order valence-corrected chi connectivity index (χ4v) is 8.27. The van der Waals surface area contributed by atoms with E-state index in [0.29, 0.717) is 44.4 Å². The molecule has 0 bridgehead atoms. The maximum atomic E-state index is 15.6. The predicted molar refractivity (Wildman–Crippen MR) is 197 cm³/mol. The number of carbonyl (C=O) groups excluding carboxylic acids is 2. The number of hydrogen-bond donors (Lipinski definition) is 2. The summed E-state index contributed by atoms with van der Waals surface area (Å²) >= 11 is 6.59. The molecule has 2 atom stereocenters. The average Bonchev–Trinajstić information content (AvgIpc) is 3.75. The molecule has 2 N–H and O–H groups in total. The molecule has 3 aliphatic rings. The Morgan fingerprint density at radius 2 is 1.75 bits per heavy atom. The van der Waals surface area contributed by atoms with E-state index < -0.39 is 17.7 Å². The van der Waals surface area contributed by atoms with E-state index in [4.69, 9.17) is 16.3 Å².